The molecule has 2 N–H and O–H groups in total. The molecule has 1 saturated heterocycles. The summed E-state index contributed by atoms with van der Waals surface area (Å²) in [6.45, 7) is 3.33. The third-order valence-electron chi connectivity index (χ3n) is 7.95. The topological polar surface area (TPSA) is 196 Å². The minimum absolute atomic E-state index is 0.0783. The highest BCUT2D eigenvalue weighted by Crippen LogP contribution is 2.51. The molecule has 15 heteroatoms. The zero-order valence-corrected chi connectivity index (χ0v) is 25.5. The van der Waals surface area contributed by atoms with Gasteiger partial charge in [0.1, 0.15) is 18.5 Å². The summed E-state index contributed by atoms with van der Waals surface area (Å²) in [4.78, 5) is 61.9. The lowest BCUT2D eigenvalue weighted by Gasteiger charge is -2.46. The van der Waals surface area contributed by atoms with Gasteiger partial charge >= 0.3 is 5.97 Å². The minimum Gasteiger partial charge on any atom is -0.565 e. The van der Waals surface area contributed by atoms with E-state index < -0.39 is 35.1 Å². The van der Waals surface area contributed by atoms with E-state index in [0.717, 1.165) is 0 Å². The van der Waals surface area contributed by atoms with Crippen LogP contribution in [0, 0.1) is 22.0 Å². The second-order valence-electron chi connectivity index (χ2n) is 10.9. The number of aliphatic hydroxyl groups excluding tert-OH is 1. The number of hydrogen-bond acceptors (Lipinski definition) is 10. The van der Waals surface area contributed by atoms with Crippen molar-refractivity contribution in [1.82, 2.24) is 9.47 Å². The molecule has 0 spiro atoms. The number of imidazole rings is 1. The Hall–Kier alpha value is -5.41. The Kier molecular flexibility index (Phi) is 8.72. The van der Waals surface area contributed by atoms with Crippen LogP contribution in [0.15, 0.2) is 72.8 Å². The lowest BCUT2D eigenvalue weighted by atomic mass is 9.77. The number of amides is 1. The molecule has 2 aliphatic heterocycles. The first-order valence-electron chi connectivity index (χ1n) is 14.0. The summed E-state index contributed by atoms with van der Waals surface area (Å²) in [5.41, 5.74) is 2.24. The van der Waals surface area contributed by atoms with Gasteiger partial charge < -0.3 is 29.8 Å². The maximum Gasteiger partial charge on any atom is 0.355 e. The van der Waals surface area contributed by atoms with Crippen molar-refractivity contribution in [3.63, 3.8) is 0 Å². The molecule has 14 nitrogen and oxygen atoms in total. The fourth-order valence-electron chi connectivity index (χ4n) is 5.94. The van der Waals surface area contributed by atoms with E-state index in [4.69, 9.17) is 19.7 Å². The largest absolute Gasteiger partial charge is 0.565 e. The number of hydrogen-bond donors (Lipinski definition) is 2. The van der Waals surface area contributed by atoms with E-state index in [9.17, 15) is 29.6 Å². The number of nitro benzene ring substituents is 1. The van der Waals surface area contributed by atoms with E-state index in [2.05, 4.69) is 0 Å². The maximum atomic E-state index is 13.6. The van der Waals surface area contributed by atoms with Crippen LogP contribution in [0.25, 0.3) is 10.4 Å². The number of carbonyl (C=O) groups excluding carboxylic acids is 3. The van der Waals surface area contributed by atoms with Crippen molar-refractivity contribution >= 4 is 51.2 Å². The van der Waals surface area contributed by atoms with Crippen molar-refractivity contribution in [2.24, 2.45) is 18.9 Å². The zero-order chi connectivity index (χ0) is 33.4. The Morgan fingerprint density at radius 3 is 2.35 bits per heavy atom. The molecule has 6 rings (SSSR count). The molecule has 0 saturated carbocycles. The number of nitrogens with zero attached hydrogens (tertiary/aromatic N) is 4. The summed E-state index contributed by atoms with van der Waals surface area (Å²) in [5.74, 6) is -2.16. The Labute approximate surface area is 265 Å². The van der Waals surface area contributed by atoms with Crippen LogP contribution in [0.1, 0.15) is 40.3 Å². The first kappa shape index (κ1) is 32.0. The van der Waals surface area contributed by atoms with Crippen molar-refractivity contribution in [1.29, 1.82) is 0 Å². The summed E-state index contributed by atoms with van der Waals surface area (Å²) < 4.78 is 9.21. The average Bonchev–Trinajstić information content (AvgIpc) is 3.61. The monoisotopic (exact) mass is 648 g/mol. The van der Waals surface area contributed by atoms with Crippen LogP contribution in [-0.2, 0) is 28.0 Å². The van der Waals surface area contributed by atoms with Gasteiger partial charge in [-0.3, -0.25) is 19.7 Å². The summed E-state index contributed by atoms with van der Waals surface area (Å²) in [7, 11) is 1.80. The number of aliphatic hydroxyl groups is 1. The van der Waals surface area contributed by atoms with E-state index in [1.165, 1.54) is 40.5 Å². The summed E-state index contributed by atoms with van der Waals surface area (Å²) in [6, 6.07) is 14.2. The number of carbonyl (C=O) groups is 4. The van der Waals surface area contributed by atoms with E-state index in [1.807, 2.05) is 23.6 Å². The number of fused-ring (bicyclic) bond motifs is 2. The SMILES string of the molecule is C[C@@H](O)[C@H]1C(=O)N2C(C(=O)OCc3ccc([N+](=O)[O-])cc3)=C(c3c[n+]4cn(C)c(C(=O)c5ccccc5)c4s3)[C@H](C)[C@H]12.O=C([O-])O. The predicted octanol–water partition coefficient (Wildman–Crippen LogP) is 2.16. The van der Waals surface area contributed by atoms with Crippen LogP contribution < -0.4 is 9.51 Å². The number of nitro groups is 1. The molecule has 0 aliphatic carbocycles. The molecule has 1 fully saturated rings. The van der Waals surface area contributed by atoms with Crippen molar-refractivity contribution in [3.05, 3.63) is 105 Å². The summed E-state index contributed by atoms with van der Waals surface area (Å²) >= 11 is 1.34. The Morgan fingerprint density at radius 1 is 1.13 bits per heavy atom. The molecule has 238 valence electrons. The molecule has 4 aromatic rings. The summed E-state index contributed by atoms with van der Waals surface area (Å²) in [6.07, 6.45) is 0.646. The van der Waals surface area contributed by atoms with Crippen molar-refractivity contribution in [3.8, 4) is 0 Å². The normalized spacial score (nSPS) is 19.2. The standard InChI is InChI=1S/C30H27N4O7S.CH2O3/c1-16-22(21-13-32-15-31(3)26(29(32)42-21)27(36)19-7-5-4-6-8-19)25(33-24(16)23(17(2)35)28(33)37)30(38)41-14-18-9-11-20(12-10-18)34(39)40;2-1(3)4/h4-13,15-17,23-24,35H,14H2,1-3H3;(H2,2,3,4)/q+1;/p-1/t16-,17+,23+,24+;/m0./s1. The van der Waals surface area contributed by atoms with Crippen LogP contribution in [0.4, 0.5) is 10.5 Å². The van der Waals surface area contributed by atoms with Gasteiger partial charge in [-0.1, -0.05) is 48.6 Å². The first-order valence-corrected chi connectivity index (χ1v) is 14.8. The highest BCUT2D eigenvalue weighted by atomic mass is 32.1. The van der Waals surface area contributed by atoms with Gasteiger partial charge in [-0.25, -0.2) is 9.36 Å². The molecule has 1 amide bonds. The van der Waals surface area contributed by atoms with Crippen molar-refractivity contribution in [2.75, 3.05) is 0 Å². The van der Waals surface area contributed by atoms with Crippen LogP contribution in [0.5, 0.6) is 0 Å². The fourth-order valence-corrected chi connectivity index (χ4v) is 7.25. The van der Waals surface area contributed by atoms with Gasteiger partial charge in [-0.2, -0.15) is 4.40 Å². The molecule has 2 aliphatic rings. The van der Waals surface area contributed by atoms with Gasteiger partial charge in [0.25, 0.3) is 5.69 Å². The summed E-state index contributed by atoms with van der Waals surface area (Å²) in [5, 5.41) is 36.6. The molecule has 4 atom stereocenters. The van der Waals surface area contributed by atoms with Crippen molar-refractivity contribution in [2.45, 2.75) is 32.6 Å². The van der Waals surface area contributed by atoms with Gasteiger partial charge in [-0.15, -0.1) is 0 Å². The predicted molar refractivity (Wildman–Crippen MR) is 159 cm³/mol. The zero-order valence-electron chi connectivity index (χ0n) is 24.7. The molecule has 0 unspecified atom stereocenters. The van der Waals surface area contributed by atoms with Crippen molar-refractivity contribution < 1.29 is 48.6 Å². The number of ketones is 1. The Morgan fingerprint density at radius 2 is 1.76 bits per heavy atom. The third-order valence-corrected chi connectivity index (χ3v) is 9.09. The number of aromatic nitrogens is 2. The van der Waals surface area contributed by atoms with E-state index in [-0.39, 0.29) is 35.6 Å². The van der Waals surface area contributed by atoms with Gasteiger partial charge in [0.15, 0.2) is 0 Å². The number of aryl methyl sites for hydroxylation is 1. The Bertz CT molecular complexity index is 1890. The number of carboxylic acid groups (broad SMARTS) is 2. The van der Waals surface area contributed by atoms with Gasteiger partial charge in [0.05, 0.1) is 34.9 Å². The lowest BCUT2D eigenvalue weighted by molar-refractivity contribution is -0.508. The second kappa shape index (κ2) is 12.5. The minimum atomic E-state index is -2.08. The second-order valence-corrected chi connectivity index (χ2v) is 11.9. The number of thiazole rings is 1. The van der Waals surface area contributed by atoms with Crippen LogP contribution in [-0.4, -0.2) is 60.6 Å². The molecule has 4 heterocycles. The van der Waals surface area contributed by atoms with E-state index in [1.54, 1.807) is 49.1 Å². The van der Waals surface area contributed by atoms with E-state index in [0.29, 0.717) is 32.1 Å². The van der Waals surface area contributed by atoms with Gasteiger partial charge in [0.2, 0.25) is 34.7 Å². The number of β-lactam (4-membered cyclic amide) rings is 1. The number of non-ortho nitro benzene ring substituents is 1. The highest BCUT2D eigenvalue weighted by molar-refractivity contribution is 7.18. The Balaban J connectivity index is 0.000000985. The van der Waals surface area contributed by atoms with Gasteiger partial charge in [-0.05, 0) is 24.6 Å². The van der Waals surface area contributed by atoms with Crippen LogP contribution in [0.2, 0.25) is 0 Å². The number of ether oxygens (including phenoxy) is 1. The smallest absolute Gasteiger partial charge is 0.355 e. The average molecular weight is 649 g/mol. The molecule has 46 heavy (non-hydrogen) atoms. The quantitative estimate of drug-likeness (QED) is 0.0713. The van der Waals surface area contributed by atoms with E-state index >= 15 is 0 Å². The molecule has 2 aromatic carbocycles. The molecule has 0 radical (unpaired) electrons. The van der Waals surface area contributed by atoms with Gasteiger partial charge in [0, 0.05) is 29.2 Å². The molecular formula is C31H28N4O10S. The van der Waals surface area contributed by atoms with Crippen LogP contribution >= 0.6 is 11.3 Å². The number of esters is 1. The first-order chi connectivity index (χ1) is 21.8. The molecular weight excluding hydrogens is 620 g/mol. The third kappa shape index (κ3) is 5.73. The fraction of sp³-hybridized carbons (Fsp3) is 0.258. The maximum absolute atomic E-state index is 13.6. The lowest BCUT2D eigenvalue weighted by Crippen LogP contribution is -2.63. The molecule has 0 bridgehead atoms. The molecule has 2 aromatic heterocycles. The van der Waals surface area contributed by atoms with Crippen LogP contribution in [0.3, 0.4) is 0 Å². The highest BCUT2D eigenvalue weighted by Gasteiger charge is 2.60. The number of benzene rings is 2. The number of rotatable bonds is 8.